The molecule has 1 amide bonds. The van der Waals surface area contributed by atoms with E-state index in [0.717, 1.165) is 43.8 Å². The quantitative estimate of drug-likeness (QED) is 0.881. The van der Waals surface area contributed by atoms with Crippen molar-refractivity contribution in [1.29, 1.82) is 0 Å². The molecule has 0 spiro atoms. The molecule has 0 unspecified atom stereocenters. The molecule has 0 bridgehead atoms. The Labute approximate surface area is 143 Å². The van der Waals surface area contributed by atoms with Crippen molar-refractivity contribution in [3.63, 3.8) is 0 Å². The number of amides is 1. The van der Waals surface area contributed by atoms with Crippen LogP contribution in [0.25, 0.3) is 0 Å². The summed E-state index contributed by atoms with van der Waals surface area (Å²) in [4.78, 5) is 12.3. The summed E-state index contributed by atoms with van der Waals surface area (Å²) >= 11 is 5.95. The second kappa shape index (κ2) is 7.20. The Morgan fingerprint density at radius 3 is 2.64 bits per heavy atom. The van der Waals surface area contributed by atoms with Crippen molar-refractivity contribution < 1.29 is 4.79 Å². The number of carbonyl (C=O) groups is 1. The molecule has 1 saturated heterocycles. The second-order valence-corrected chi connectivity index (χ2v) is 7.02. The van der Waals surface area contributed by atoms with E-state index in [2.05, 4.69) is 29.7 Å². The summed E-state index contributed by atoms with van der Waals surface area (Å²) in [5, 5.41) is 7.35. The van der Waals surface area contributed by atoms with Crippen LogP contribution in [0.5, 0.6) is 0 Å². The van der Waals surface area contributed by atoms with Gasteiger partial charge < -0.3 is 10.6 Å². The van der Waals surface area contributed by atoms with Gasteiger partial charge in [-0.1, -0.05) is 23.7 Å². The van der Waals surface area contributed by atoms with Gasteiger partial charge in [0.1, 0.15) is 0 Å². The van der Waals surface area contributed by atoms with E-state index < -0.39 is 0 Å². The zero-order valence-electron chi connectivity index (χ0n) is 12.9. The highest BCUT2D eigenvalue weighted by Gasteiger charge is 2.44. The standard InChI is InChI=1S/C17H23ClN2O.ClH/c1-12-10-13(6-9-19-12)16(21)20-11-17(7-8-17)14-2-4-15(18)5-3-14;/h2-5,12-13,19H,6-11H2,1H3,(H,20,21);1H/t12-,13-;/m0./s1. The third kappa shape index (κ3) is 3.95. The van der Waals surface area contributed by atoms with Crippen LogP contribution in [0.4, 0.5) is 0 Å². The van der Waals surface area contributed by atoms with Crippen molar-refractivity contribution >= 4 is 29.9 Å². The minimum Gasteiger partial charge on any atom is -0.355 e. The lowest BCUT2D eigenvalue weighted by Crippen LogP contribution is -2.44. The fourth-order valence-corrected chi connectivity index (χ4v) is 3.42. The molecular weight excluding hydrogens is 319 g/mol. The molecule has 1 heterocycles. The SMILES string of the molecule is C[C@H]1C[C@@H](C(=O)NCC2(c3ccc(Cl)cc3)CC2)CCN1.Cl. The molecular formula is C17H24Cl2N2O. The topological polar surface area (TPSA) is 41.1 Å². The molecule has 2 atom stereocenters. The number of hydrogen-bond donors (Lipinski definition) is 2. The number of piperidine rings is 1. The van der Waals surface area contributed by atoms with E-state index in [0.29, 0.717) is 6.04 Å². The average molecular weight is 343 g/mol. The normalized spacial score (nSPS) is 25.9. The predicted octanol–water partition coefficient (Wildman–Crippen LogP) is 3.30. The average Bonchev–Trinajstić information content (AvgIpc) is 3.27. The molecule has 3 nitrogen and oxygen atoms in total. The van der Waals surface area contributed by atoms with Crippen molar-refractivity contribution in [3.05, 3.63) is 34.9 Å². The third-order valence-corrected chi connectivity index (χ3v) is 5.16. The Balaban J connectivity index is 0.00000176. The van der Waals surface area contributed by atoms with Gasteiger partial charge in [0, 0.05) is 28.9 Å². The molecule has 0 aromatic heterocycles. The van der Waals surface area contributed by atoms with Gasteiger partial charge in [-0.25, -0.2) is 0 Å². The molecule has 3 rings (SSSR count). The molecule has 122 valence electrons. The van der Waals surface area contributed by atoms with E-state index >= 15 is 0 Å². The predicted molar refractivity (Wildman–Crippen MR) is 92.8 cm³/mol. The van der Waals surface area contributed by atoms with Crippen LogP contribution in [0.3, 0.4) is 0 Å². The number of nitrogens with one attached hydrogen (secondary N) is 2. The van der Waals surface area contributed by atoms with E-state index in [4.69, 9.17) is 11.6 Å². The summed E-state index contributed by atoms with van der Waals surface area (Å²) in [5.74, 6) is 0.394. The number of rotatable bonds is 4. The van der Waals surface area contributed by atoms with Crippen LogP contribution in [0, 0.1) is 5.92 Å². The Hall–Kier alpha value is -0.770. The van der Waals surface area contributed by atoms with Crippen molar-refractivity contribution in [1.82, 2.24) is 10.6 Å². The number of hydrogen-bond acceptors (Lipinski definition) is 2. The van der Waals surface area contributed by atoms with Gasteiger partial charge in [-0.05, 0) is 56.8 Å². The van der Waals surface area contributed by atoms with Gasteiger partial charge in [-0.3, -0.25) is 4.79 Å². The Morgan fingerprint density at radius 2 is 2.05 bits per heavy atom. The lowest BCUT2D eigenvalue weighted by Gasteiger charge is -2.28. The largest absolute Gasteiger partial charge is 0.355 e. The van der Waals surface area contributed by atoms with Crippen molar-refractivity contribution in [2.45, 2.75) is 44.1 Å². The highest BCUT2D eigenvalue weighted by atomic mass is 35.5. The van der Waals surface area contributed by atoms with Gasteiger partial charge in [0.15, 0.2) is 0 Å². The van der Waals surface area contributed by atoms with Crippen LogP contribution >= 0.6 is 24.0 Å². The van der Waals surface area contributed by atoms with Gasteiger partial charge in [0.2, 0.25) is 5.91 Å². The maximum atomic E-state index is 12.3. The zero-order valence-corrected chi connectivity index (χ0v) is 14.5. The zero-order chi connectivity index (χ0) is 14.9. The molecule has 1 aliphatic heterocycles. The Morgan fingerprint density at radius 1 is 1.36 bits per heavy atom. The van der Waals surface area contributed by atoms with E-state index in [9.17, 15) is 4.79 Å². The van der Waals surface area contributed by atoms with Crippen molar-refractivity contribution in [3.8, 4) is 0 Å². The van der Waals surface area contributed by atoms with Crippen LogP contribution in [-0.2, 0) is 10.2 Å². The molecule has 2 aliphatic rings. The van der Waals surface area contributed by atoms with Crippen molar-refractivity contribution in [2.24, 2.45) is 5.92 Å². The van der Waals surface area contributed by atoms with Gasteiger partial charge in [0.05, 0.1) is 0 Å². The van der Waals surface area contributed by atoms with E-state index in [1.807, 2.05) is 12.1 Å². The van der Waals surface area contributed by atoms with Crippen molar-refractivity contribution in [2.75, 3.05) is 13.1 Å². The van der Waals surface area contributed by atoms with E-state index in [1.54, 1.807) is 0 Å². The Bertz CT molecular complexity index is 514. The number of carbonyl (C=O) groups excluding carboxylic acids is 1. The molecule has 1 aromatic rings. The van der Waals surface area contributed by atoms with Gasteiger partial charge in [0.25, 0.3) is 0 Å². The molecule has 1 aliphatic carbocycles. The fraction of sp³-hybridized carbons (Fsp3) is 0.588. The molecule has 2 N–H and O–H groups in total. The molecule has 5 heteroatoms. The molecule has 22 heavy (non-hydrogen) atoms. The Kier molecular flexibility index (Phi) is 5.76. The maximum Gasteiger partial charge on any atom is 0.223 e. The van der Waals surface area contributed by atoms with Crippen LogP contribution in [-0.4, -0.2) is 25.0 Å². The summed E-state index contributed by atoms with van der Waals surface area (Å²) in [6.45, 7) is 3.85. The van der Waals surface area contributed by atoms with Gasteiger partial charge >= 0.3 is 0 Å². The van der Waals surface area contributed by atoms with Crippen LogP contribution in [0.1, 0.15) is 38.2 Å². The molecule has 1 saturated carbocycles. The summed E-state index contributed by atoms with van der Waals surface area (Å²) in [6.07, 6.45) is 4.19. The highest BCUT2D eigenvalue weighted by molar-refractivity contribution is 6.30. The van der Waals surface area contributed by atoms with Crippen LogP contribution in [0.2, 0.25) is 5.02 Å². The van der Waals surface area contributed by atoms with Crippen LogP contribution in [0.15, 0.2) is 24.3 Å². The van der Waals surface area contributed by atoms with Gasteiger partial charge in [-0.2, -0.15) is 0 Å². The first-order chi connectivity index (χ1) is 10.1. The maximum absolute atomic E-state index is 12.3. The minimum absolute atomic E-state index is 0. The van der Waals surface area contributed by atoms with E-state index in [-0.39, 0.29) is 29.6 Å². The first-order valence-electron chi connectivity index (χ1n) is 7.86. The lowest BCUT2D eigenvalue weighted by atomic mass is 9.91. The molecule has 2 fully saturated rings. The second-order valence-electron chi connectivity index (χ2n) is 6.58. The first-order valence-corrected chi connectivity index (χ1v) is 8.24. The van der Waals surface area contributed by atoms with Gasteiger partial charge in [-0.15, -0.1) is 12.4 Å². The molecule has 1 aromatic carbocycles. The first kappa shape index (κ1) is 17.6. The number of halogens is 2. The smallest absolute Gasteiger partial charge is 0.223 e. The summed E-state index contributed by atoms with van der Waals surface area (Å²) in [5.41, 5.74) is 1.45. The summed E-state index contributed by atoms with van der Waals surface area (Å²) < 4.78 is 0. The van der Waals surface area contributed by atoms with E-state index in [1.165, 1.54) is 5.56 Å². The lowest BCUT2D eigenvalue weighted by molar-refractivity contribution is -0.126. The summed E-state index contributed by atoms with van der Waals surface area (Å²) in [6, 6.07) is 8.50. The molecule has 0 radical (unpaired) electrons. The fourth-order valence-electron chi connectivity index (χ4n) is 3.29. The third-order valence-electron chi connectivity index (χ3n) is 4.91. The summed E-state index contributed by atoms with van der Waals surface area (Å²) in [7, 11) is 0. The monoisotopic (exact) mass is 342 g/mol. The highest BCUT2D eigenvalue weighted by Crippen LogP contribution is 2.47. The number of benzene rings is 1. The van der Waals surface area contributed by atoms with Crippen LogP contribution < -0.4 is 10.6 Å². The minimum atomic E-state index is 0.